The van der Waals surface area contributed by atoms with Gasteiger partial charge in [-0.25, -0.2) is 0 Å². The number of hydrogen-bond acceptors (Lipinski definition) is 1. The standard InChI is InChI=1S/C11H19NO/c1-4-12-9(2)8-11(10(12)3)6-5-7-13/h8,13H,4-7H2,1-3H3. The average Bonchev–Trinajstić information content (AvgIpc) is 2.38. The van der Waals surface area contributed by atoms with Gasteiger partial charge in [-0.05, 0) is 45.2 Å². The summed E-state index contributed by atoms with van der Waals surface area (Å²) in [5.74, 6) is 0. The molecule has 0 spiro atoms. The van der Waals surface area contributed by atoms with Gasteiger partial charge in [-0.1, -0.05) is 0 Å². The molecule has 74 valence electrons. The molecular weight excluding hydrogens is 162 g/mol. The summed E-state index contributed by atoms with van der Waals surface area (Å²) in [5, 5.41) is 8.74. The number of aromatic nitrogens is 1. The first-order chi connectivity index (χ1) is 6.20. The zero-order chi connectivity index (χ0) is 9.84. The fourth-order valence-corrected chi connectivity index (χ4v) is 1.88. The third-order valence-electron chi connectivity index (χ3n) is 2.60. The van der Waals surface area contributed by atoms with Crippen molar-refractivity contribution in [1.82, 2.24) is 4.57 Å². The Balaban J connectivity index is 2.83. The van der Waals surface area contributed by atoms with Crippen molar-refractivity contribution >= 4 is 0 Å². The maximum atomic E-state index is 8.74. The van der Waals surface area contributed by atoms with Crippen molar-refractivity contribution in [1.29, 1.82) is 0 Å². The third-order valence-corrected chi connectivity index (χ3v) is 2.60. The molecule has 0 aliphatic rings. The second-order valence-electron chi connectivity index (χ2n) is 3.47. The molecule has 0 unspecified atom stereocenters. The lowest BCUT2D eigenvalue weighted by Crippen LogP contribution is -1.99. The van der Waals surface area contributed by atoms with Crippen LogP contribution in [0.3, 0.4) is 0 Å². The Morgan fingerprint density at radius 2 is 2.08 bits per heavy atom. The van der Waals surface area contributed by atoms with Crippen molar-refractivity contribution in [3.8, 4) is 0 Å². The lowest BCUT2D eigenvalue weighted by molar-refractivity contribution is 0.288. The Bertz CT molecular complexity index is 276. The van der Waals surface area contributed by atoms with Crippen LogP contribution in [-0.4, -0.2) is 16.3 Å². The molecule has 13 heavy (non-hydrogen) atoms. The summed E-state index contributed by atoms with van der Waals surface area (Å²) >= 11 is 0. The summed E-state index contributed by atoms with van der Waals surface area (Å²) in [6.45, 7) is 7.78. The van der Waals surface area contributed by atoms with Crippen LogP contribution in [0, 0.1) is 13.8 Å². The Morgan fingerprint density at radius 1 is 1.38 bits per heavy atom. The minimum Gasteiger partial charge on any atom is -0.396 e. The van der Waals surface area contributed by atoms with Crippen LogP contribution in [0.25, 0.3) is 0 Å². The summed E-state index contributed by atoms with van der Waals surface area (Å²) in [5.41, 5.74) is 4.06. The highest BCUT2D eigenvalue weighted by Crippen LogP contribution is 2.16. The molecule has 1 rings (SSSR count). The van der Waals surface area contributed by atoms with Crippen LogP contribution in [0.1, 0.15) is 30.3 Å². The molecular formula is C11H19NO. The first-order valence-corrected chi connectivity index (χ1v) is 4.97. The van der Waals surface area contributed by atoms with Crippen LogP contribution in [0.15, 0.2) is 6.07 Å². The number of aliphatic hydroxyl groups excluding tert-OH is 1. The van der Waals surface area contributed by atoms with Crippen molar-refractivity contribution in [2.24, 2.45) is 0 Å². The highest BCUT2D eigenvalue weighted by atomic mass is 16.2. The largest absolute Gasteiger partial charge is 0.396 e. The molecule has 0 fully saturated rings. The van der Waals surface area contributed by atoms with Crippen molar-refractivity contribution < 1.29 is 5.11 Å². The average molecular weight is 181 g/mol. The predicted octanol–water partition coefficient (Wildman–Crippen LogP) is 2.05. The normalized spacial score (nSPS) is 10.8. The first kappa shape index (κ1) is 10.3. The van der Waals surface area contributed by atoms with Gasteiger partial charge in [0.2, 0.25) is 0 Å². The van der Waals surface area contributed by atoms with Crippen molar-refractivity contribution in [2.75, 3.05) is 6.61 Å². The van der Waals surface area contributed by atoms with Crippen LogP contribution >= 0.6 is 0 Å². The lowest BCUT2D eigenvalue weighted by Gasteiger charge is -2.05. The summed E-state index contributed by atoms with van der Waals surface area (Å²) in [7, 11) is 0. The minimum absolute atomic E-state index is 0.287. The smallest absolute Gasteiger partial charge is 0.0434 e. The van der Waals surface area contributed by atoms with E-state index in [2.05, 4.69) is 31.4 Å². The second-order valence-corrected chi connectivity index (χ2v) is 3.47. The Morgan fingerprint density at radius 3 is 2.54 bits per heavy atom. The van der Waals surface area contributed by atoms with Crippen molar-refractivity contribution in [3.05, 3.63) is 23.0 Å². The number of aryl methyl sites for hydroxylation is 2. The van der Waals surface area contributed by atoms with E-state index in [-0.39, 0.29) is 6.61 Å². The summed E-state index contributed by atoms with van der Waals surface area (Å²) in [6, 6.07) is 2.23. The van der Waals surface area contributed by atoms with Gasteiger partial charge in [0.05, 0.1) is 0 Å². The Labute approximate surface area is 80.2 Å². The topological polar surface area (TPSA) is 25.2 Å². The van der Waals surface area contributed by atoms with Crippen molar-refractivity contribution in [2.45, 2.75) is 40.2 Å². The summed E-state index contributed by atoms with van der Waals surface area (Å²) in [4.78, 5) is 0. The number of aliphatic hydroxyl groups is 1. The molecule has 0 amide bonds. The Hall–Kier alpha value is -0.760. The molecule has 0 saturated heterocycles. The van der Waals surface area contributed by atoms with E-state index in [4.69, 9.17) is 5.11 Å². The maximum absolute atomic E-state index is 8.74. The van der Waals surface area contributed by atoms with Crippen molar-refractivity contribution in [3.63, 3.8) is 0 Å². The highest BCUT2D eigenvalue weighted by Gasteiger charge is 2.06. The first-order valence-electron chi connectivity index (χ1n) is 4.97. The van der Waals surface area contributed by atoms with Crippen LogP contribution in [0.5, 0.6) is 0 Å². The third kappa shape index (κ3) is 2.13. The van der Waals surface area contributed by atoms with Gasteiger partial charge in [-0.3, -0.25) is 0 Å². The van der Waals surface area contributed by atoms with Gasteiger partial charge in [0.25, 0.3) is 0 Å². The van der Waals surface area contributed by atoms with E-state index >= 15 is 0 Å². The fourth-order valence-electron chi connectivity index (χ4n) is 1.88. The van der Waals surface area contributed by atoms with Gasteiger partial charge in [-0.2, -0.15) is 0 Å². The monoisotopic (exact) mass is 181 g/mol. The summed E-state index contributed by atoms with van der Waals surface area (Å²) in [6.07, 6.45) is 1.87. The van der Waals surface area contributed by atoms with Crippen LogP contribution in [0.4, 0.5) is 0 Å². The fraction of sp³-hybridized carbons (Fsp3) is 0.636. The maximum Gasteiger partial charge on any atom is 0.0434 e. The molecule has 2 nitrogen and oxygen atoms in total. The number of hydrogen-bond donors (Lipinski definition) is 1. The van der Waals surface area contributed by atoms with Crippen LogP contribution < -0.4 is 0 Å². The molecule has 2 heteroatoms. The molecule has 1 heterocycles. The van der Waals surface area contributed by atoms with Gasteiger partial charge in [0, 0.05) is 24.5 Å². The van der Waals surface area contributed by atoms with Gasteiger partial charge < -0.3 is 9.67 Å². The van der Waals surface area contributed by atoms with Crippen LogP contribution in [-0.2, 0) is 13.0 Å². The van der Waals surface area contributed by atoms with E-state index in [0.717, 1.165) is 19.4 Å². The van der Waals surface area contributed by atoms with E-state index in [1.807, 2.05) is 0 Å². The number of nitrogens with zero attached hydrogens (tertiary/aromatic N) is 1. The molecule has 0 saturated carbocycles. The molecule has 1 aromatic heterocycles. The molecule has 0 atom stereocenters. The van der Waals surface area contributed by atoms with Gasteiger partial charge in [0.15, 0.2) is 0 Å². The molecule has 0 aliphatic heterocycles. The van der Waals surface area contributed by atoms with E-state index in [9.17, 15) is 0 Å². The molecule has 0 radical (unpaired) electrons. The lowest BCUT2D eigenvalue weighted by atomic mass is 10.1. The van der Waals surface area contributed by atoms with E-state index in [1.54, 1.807) is 0 Å². The molecule has 0 aromatic carbocycles. The molecule has 0 aliphatic carbocycles. The predicted molar refractivity (Wildman–Crippen MR) is 55.0 cm³/mol. The van der Waals surface area contributed by atoms with E-state index in [1.165, 1.54) is 17.0 Å². The van der Waals surface area contributed by atoms with E-state index in [0.29, 0.717) is 0 Å². The second kappa shape index (κ2) is 4.47. The SMILES string of the molecule is CCn1c(C)cc(CCCO)c1C. The molecule has 1 aromatic rings. The summed E-state index contributed by atoms with van der Waals surface area (Å²) < 4.78 is 2.31. The molecule has 1 N–H and O–H groups in total. The van der Waals surface area contributed by atoms with Gasteiger partial charge in [-0.15, -0.1) is 0 Å². The zero-order valence-electron chi connectivity index (χ0n) is 8.80. The van der Waals surface area contributed by atoms with Gasteiger partial charge in [0.1, 0.15) is 0 Å². The minimum atomic E-state index is 0.287. The quantitative estimate of drug-likeness (QED) is 0.755. The Kier molecular flexibility index (Phi) is 3.55. The van der Waals surface area contributed by atoms with Crippen LogP contribution in [0.2, 0.25) is 0 Å². The van der Waals surface area contributed by atoms with Gasteiger partial charge >= 0.3 is 0 Å². The highest BCUT2D eigenvalue weighted by molar-refractivity contribution is 5.26. The van der Waals surface area contributed by atoms with E-state index < -0.39 is 0 Å². The number of rotatable bonds is 4. The zero-order valence-corrected chi connectivity index (χ0v) is 8.80. The molecule has 0 bridgehead atoms.